The lowest BCUT2D eigenvalue weighted by Crippen LogP contribution is -2.66. The number of aromatic nitrogens is 1. The van der Waals surface area contributed by atoms with Crippen molar-refractivity contribution in [2.24, 2.45) is 5.92 Å². The topological polar surface area (TPSA) is 68.3 Å². The van der Waals surface area contributed by atoms with Crippen LogP contribution in [-0.2, 0) is 25.9 Å². The third-order valence-corrected chi connectivity index (χ3v) is 8.76. The number of carbonyl (C=O) groups is 2. The molecule has 3 aliphatic heterocycles. The number of nitrogens with zero attached hydrogens (tertiary/aromatic N) is 2. The Bertz CT molecular complexity index is 1140. The largest absolute Gasteiger partial charge is 0.455 e. The minimum atomic E-state index is -4.58. The van der Waals surface area contributed by atoms with Gasteiger partial charge in [-0.25, -0.2) is 4.98 Å². The van der Waals surface area contributed by atoms with Gasteiger partial charge in [0.25, 0.3) is 5.91 Å². The van der Waals surface area contributed by atoms with E-state index in [9.17, 15) is 22.8 Å². The van der Waals surface area contributed by atoms with E-state index in [1.165, 1.54) is 12.1 Å². The van der Waals surface area contributed by atoms with E-state index in [1.54, 1.807) is 0 Å². The molecule has 0 spiro atoms. The summed E-state index contributed by atoms with van der Waals surface area (Å²) in [7, 11) is 0. The van der Waals surface area contributed by atoms with Gasteiger partial charge in [0.2, 0.25) is 0 Å². The van der Waals surface area contributed by atoms with Crippen LogP contribution in [0.3, 0.4) is 0 Å². The van der Waals surface area contributed by atoms with Crippen molar-refractivity contribution in [2.75, 3.05) is 31.5 Å². The average Bonchev–Trinajstić information content (AvgIpc) is 3.16. The maximum Gasteiger partial charge on any atom is 0.433 e. The van der Waals surface area contributed by atoms with Crippen LogP contribution < -0.4 is 5.32 Å². The first-order valence-electron chi connectivity index (χ1n) is 13.7. The number of esters is 1. The van der Waals surface area contributed by atoms with Gasteiger partial charge in [0, 0.05) is 18.8 Å². The number of carbonyl (C=O) groups excluding carboxylic acids is 2. The van der Waals surface area contributed by atoms with Crippen LogP contribution in [-0.4, -0.2) is 53.6 Å². The molecule has 2 aromatic rings. The molecular weight excluding hydrogens is 495 g/mol. The Kier molecular flexibility index (Phi) is 7.49. The minimum Gasteiger partial charge on any atom is -0.455 e. The monoisotopic (exact) mass is 530 g/mol. The summed E-state index contributed by atoms with van der Waals surface area (Å²) < 4.78 is 45.9. The van der Waals surface area contributed by atoms with Gasteiger partial charge in [-0.1, -0.05) is 62.1 Å². The number of piperidine rings is 3. The highest BCUT2D eigenvalue weighted by Gasteiger charge is 2.51. The number of benzene rings is 1. The summed E-state index contributed by atoms with van der Waals surface area (Å²) in [5, 5.41) is 2.55. The van der Waals surface area contributed by atoms with E-state index in [4.69, 9.17) is 4.74 Å². The first kappa shape index (κ1) is 26.7. The van der Waals surface area contributed by atoms with E-state index in [2.05, 4.69) is 10.3 Å². The van der Waals surface area contributed by atoms with Crippen molar-refractivity contribution in [3.63, 3.8) is 0 Å². The number of hydrogen-bond acceptors (Lipinski definition) is 4. The molecule has 0 radical (unpaired) electrons. The molecule has 38 heavy (non-hydrogen) atoms. The van der Waals surface area contributed by atoms with E-state index < -0.39 is 17.3 Å². The lowest BCUT2D eigenvalue weighted by Gasteiger charge is -2.52. The summed E-state index contributed by atoms with van der Waals surface area (Å²) >= 11 is 0. The van der Waals surface area contributed by atoms with Gasteiger partial charge in [-0.2, -0.15) is 13.2 Å². The maximum absolute atomic E-state index is 13.9. The van der Waals surface area contributed by atoms with Crippen LogP contribution in [0.4, 0.5) is 19.0 Å². The van der Waals surface area contributed by atoms with E-state index >= 15 is 0 Å². The molecule has 4 fully saturated rings. The molecule has 9 heteroatoms. The number of halogens is 3. The average molecular weight is 531 g/mol. The van der Waals surface area contributed by atoms with Crippen LogP contribution in [0.25, 0.3) is 0 Å². The molecule has 2 bridgehead atoms. The van der Waals surface area contributed by atoms with Crippen molar-refractivity contribution >= 4 is 17.7 Å². The number of hydrogen-bond donors (Lipinski definition) is 1. The fraction of sp³-hybridized carbons (Fsp3) is 0.552. The van der Waals surface area contributed by atoms with Gasteiger partial charge >= 0.3 is 12.1 Å². The summed E-state index contributed by atoms with van der Waals surface area (Å²) in [5.74, 6) is -0.381. The third kappa shape index (κ3) is 5.58. The Labute approximate surface area is 221 Å². The van der Waals surface area contributed by atoms with Crippen LogP contribution in [0, 0.1) is 5.92 Å². The van der Waals surface area contributed by atoms with Gasteiger partial charge in [-0.05, 0) is 30.5 Å². The van der Waals surface area contributed by atoms with E-state index in [-0.39, 0.29) is 36.3 Å². The molecule has 1 saturated carbocycles. The van der Waals surface area contributed by atoms with Crippen molar-refractivity contribution in [1.29, 1.82) is 0 Å². The van der Waals surface area contributed by atoms with Gasteiger partial charge in [0.15, 0.2) is 12.6 Å². The van der Waals surface area contributed by atoms with E-state index in [0.717, 1.165) is 76.1 Å². The molecule has 6 rings (SSSR count). The number of alkyl halides is 3. The van der Waals surface area contributed by atoms with Gasteiger partial charge in [0.05, 0.1) is 18.5 Å². The van der Waals surface area contributed by atoms with Crippen molar-refractivity contribution in [3.05, 3.63) is 59.8 Å². The number of pyridine rings is 1. The highest BCUT2D eigenvalue weighted by atomic mass is 19.4. The Morgan fingerprint density at radius 3 is 2.32 bits per heavy atom. The molecule has 1 amide bonds. The number of nitrogens with one attached hydrogen (secondary N) is 1. The zero-order valence-corrected chi connectivity index (χ0v) is 21.5. The normalized spacial score (nSPS) is 26.8. The number of anilines is 1. The molecule has 1 aromatic heterocycles. The fourth-order valence-corrected chi connectivity index (χ4v) is 6.68. The minimum absolute atomic E-state index is 0.114. The lowest BCUT2D eigenvalue weighted by molar-refractivity contribution is -0.939. The van der Waals surface area contributed by atoms with Crippen molar-refractivity contribution in [2.45, 2.75) is 69.1 Å². The summed E-state index contributed by atoms with van der Waals surface area (Å²) in [6, 6.07) is 13.4. The Morgan fingerprint density at radius 1 is 0.974 bits per heavy atom. The van der Waals surface area contributed by atoms with Crippen LogP contribution in [0.1, 0.15) is 62.6 Å². The number of amides is 1. The SMILES string of the molecule is O=C(C[N+]12CCC(CC1)[C@@H](OC(=O)C1(c3ccccc3)CCCCCC1)C2)Nc1cccc(C(F)(F)F)n1. The molecule has 1 N–H and O–H groups in total. The molecule has 3 saturated heterocycles. The van der Waals surface area contributed by atoms with Crippen molar-refractivity contribution < 1.29 is 32.0 Å². The van der Waals surface area contributed by atoms with Gasteiger partial charge in [-0.15, -0.1) is 0 Å². The zero-order valence-electron chi connectivity index (χ0n) is 21.5. The van der Waals surface area contributed by atoms with Crippen LogP contribution in [0.5, 0.6) is 0 Å². The number of rotatable bonds is 6. The molecule has 1 atom stereocenters. The maximum atomic E-state index is 13.9. The molecular formula is C29H35F3N3O3+. The summed E-state index contributed by atoms with van der Waals surface area (Å²) in [6.45, 7) is 2.23. The standard InChI is InChI=1S/C29H34F3N3O3/c30-29(31,32)24-11-8-12-25(33-24)34-26(36)20-35-17-13-21(14-18-35)23(19-35)38-27(37)28(15-6-1-2-7-16-28)22-9-4-3-5-10-22/h3-5,8-12,21,23H,1-2,6-7,13-20H2/p+1/t21?,23-,35?/m0/s1. The smallest absolute Gasteiger partial charge is 0.433 e. The quantitative estimate of drug-likeness (QED) is 0.305. The lowest BCUT2D eigenvalue weighted by atomic mass is 9.74. The summed E-state index contributed by atoms with van der Waals surface area (Å²) in [6.07, 6.45) is 2.61. The first-order valence-corrected chi connectivity index (χ1v) is 13.7. The zero-order chi connectivity index (χ0) is 26.8. The predicted octanol–water partition coefficient (Wildman–Crippen LogP) is 5.48. The second kappa shape index (κ2) is 10.7. The number of quaternary nitrogens is 1. The second-order valence-electron chi connectivity index (χ2n) is 11.2. The molecule has 6 nitrogen and oxygen atoms in total. The molecule has 1 aromatic carbocycles. The van der Waals surface area contributed by atoms with Gasteiger partial charge < -0.3 is 14.5 Å². The highest BCUT2D eigenvalue weighted by Crippen LogP contribution is 2.42. The van der Waals surface area contributed by atoms with Gasteiger partial charge in [-0.3, -0.25) is 9.59 Å². The van der Waals surface area contributed by atoms with E-state index in [1.807, 2.05) is 30.3 Å². The fourth-order valence-electron chi connectivity index (χ4n) is 6.68. The molecule has 4 aliphatic rings. The van der Waals surface area contributed by atoms with Crippen LogP contribution in [0.15, 0.2) is 48.5 Å². The summed E-state index contributed by atoms with van der Waals surface area (Å²) in [4.78, 5) is 30.4. The van der Waals surface area contributed by atoms with Crippen molar-refractivity contribution in [1.82, 2.24) is 4.98 Å². The molecule has 4 heterocycles. The second-order valence-corrected chi connectivity index (χ2v) is 11.2. The highest BCUT2D eigenvalue weighted by molar-refractivity contribution is 5.90. The summed E-state index contributed by atoms with van der Waals surface area (Å²) in [5.41, 5.74) is -0.662. The number of fused-ring (bicyclic) bond motifs is 3. The third-order valence-electron chi connectivity index (χ3n) is 8.76. The van der Waals surface area contributed by atoms with Crippen LogP contribution in [0.2, 0.25) is 0 Å². The van der Waals surface area contributed by atoms with Gasteiger partial charge in [0.1, 0.15) is 18.1 Å². The Hall–Kier alpha value is -2.94. The molecule has 204 valence electrons. The Balaban J connectivity index is 1.28. The Morgan fingerprint density at radius 2 is 1.66 bits per heavy atom. The predicted molar refractivity (Wildman–Crippen MR) is 136 cm³/mol. The van der Waals surface area contributed by atoms with Crippen molar-refractivity contribution in [3.8, 4) is 0 Å². The number of ether oxygens (including phenoxy) is 1. The van der Waals surface area contributed by atoms with E-state index in [0.29, 0.717) is 11.0 Å². The molecule has 1 aliphatic carbocycles. The first-order chi connectivity index (χ1) is 18.2. The van der Waals surface area contributed by atoms with Crippen LogP contribution >= 0.6 is 0 Å². The molecule has 0 unspecified atom stereocenters.